The number of halogens is 1. The number of carbonyl (C=O) groups excluding carboxylic acids is 1. The van der Waals surface area contributed by atoms with Gasteiger partial charge in [-0.05, 0) is 29.2 Å². The maximum absolute atomic E-state index is 15.1. The SMILES string of the molecule is COc1cc2c(c(F)c1OC)C(=N)N(CC(=O)c1cc(N(C)C)c(OCC(=O)O)c(C(C)(C)C)c1)C2. The summed E-state index contributed by atoms with van der Waals surface area (Å²) in [7, 11) is 6.29. The lowest BCUT2D eigenvalue weighted by Crippen LogP contribution is -2.31. The molecule has 3 rings (SSSR count). The molecule has 0 spiro atoms. The van der Waals surface area contributed by atoms with Crippen LogP contribution in [0.3, 0.4) is 0 Å². The third-order valence-electron chi connectivity index (χ3n) is 5.96. The Morgan fingerprint density at radius 1 is 1.14 bits per heavy atom. The van der Waals surface area contributed by atoms with Gasteiger partial charge in [-0.25, -0.2) is 9.18 Å². The number of methoxy groups -OCH3 is 2. The van der Waals surface area contributed by atoms with Crippen molar-refractivity contribution in [2.24, 2.45) is 0 Å². The van der Waals surface area contributed by atoms with Gasteiger partial charge in [-0.1, -0.05) is 20.8 Å². The van der Waals surface area contributed by atoms with Crippen LogP contribution in [0.25, 0.3) is 0 Å². The highest BCUT2D eigenvalue weighted by Gasteiger charge is 2.33. The summed E-state index contributed by atoms with van der Waals surface area (Å²) >= 11 is 0. The van der Waals surface area contributed by atoms with Crippen molar-refractivity contribution in [2.75, 3.05) is 46.4 Å². The minimum Gasteiger partial charge on any atom is -0.493 e. The van der Waals surface area contributed by atoms with Crippen LogP contribution in [-0.4, -0.2) is 69.1 Å². The number of aliphatic carboxylic acids is 1. The fourth-order valence-electron chi connectivity index (χ4n) is 4.17. The number of carboxylic acids is 1. The number of amidine groups is 1. The van der Waals surface area contributed by atoms with Crippen LogP contribution in [0.5, 0.6) is 17.2 Å². The molecule has 1 aliphatic rings. The van der Waals surface area contributed by atoms with Crippen LogP contribution in [0.1, 0.15) is 47.8 Å². The second-order valence-corrected chi connectivity index (χ2v) is 9.79. The van der Waals surface area contributed by atoms with Crippen LogP contribution >= 0.6 is 0 Å². The first kappa shape index (κ1) is 26.8. The Hall–Kier alpha value is -3.82. The van der Waals surface area contributed by atoms with Gasteiger partial charge in [0.25, 0.3) is 0 Å². The average molecular weight is 502 g/mol. The van der Waals surface area contributed by atoms with Crippen LogP contribution in [0.4, 0.5) is 10.1 Å². The van der Waals surface area contributed by atoms with Crippen molar-refractivity contribution in [2.45, 2.75) is 32.7 Å². The van der Waals surface area contributed by atoms with Crippen molar-refractivity contribution in [3.63, 3.8) is 0 Å². The number of hydrogen-bond donors (Lipinski definition) is 2. The van der Waals surface area contributed by atoms with E-state index in [1.165, 1.54) is 19.1 Å². The molecule has 0 radical (unpaired) electrons. The highest BCUT2D eigenvalue weighted by Crippen LogP contribution is 2.41. The van der Waals surface area contributed by atoms with E-state index in [9.17, 15) is 9.59 Å². The Morgan fingerprint density at radius 3 is 2.33 bits per heavy atom. The van der Waals surface area contributed by atoms with Crippen molar-refractivity contribution in [3.05, 3.63) is 46.3 Å². The molecule has 0 aliphatic carbocycles. The minimum atomic E-state index is -1.10. The van der Waals surface area contributed by atoms with E-state index < -0.39 is 23.8 Å². The molecule has 0 unspecified atom stereocenters. The number of carboxylic acid groups (broad SMARTS) is 1. The fraction of sp³-hybridized carbons (Fsp3) is 0.423. The third kappa shape index (κ3) is 5.07. The molecule has 2 N–H and O–H groups in total. The molecular formula is C26H32FN3O6. The predicted octanol–water partition coefficient (Wildman–Crippen LogP) is 3.69. The van der Waals surface area contributed by atoms with Gasteiger partial charge in [-0.2, -0.15) is 0 Å². The minimum absolute atomic E-state index is 0.0854. The number of Topliss-reactive ketones (excluding diaryl/α,β-unsaturated/α-hetero) is 1. The van der Waals surface area contributed by atoms with E-state index >= 15 is 4.39 Å². The first-order valence-electron chi connectivity index (χ1n) is 11.3. The maximum atomic E-state index is 15.1. The molecule has 194 valence electrons. The number of anilines is 1. The number of ether oxygens (including phenoxy) is 3. The molecule has 1 aliphatic heterocycles. The van der Waals surface area contributed by atoms with Crippen LogP contribution in [0.15, 0.2) is 18.2 Å². The zero-order chi connectivity index (χ0) is 26.9. The normalized spacial score (nSPS) is 12.9. The summed E-state index contributed by atoms with van der Waals surface area (Å²) in [5.41, 5.74) is 1.78. The predicted molar refractivity (Wildman–Crippen MR) is 134 cm³/mol. The van der Waals surface area contributed by atoms with Gasteiger partial charge in [-0.3, -0.25) is 10.2 Å². The third-order valence-corrected chi connectivity index (χ3v) is 5.96. The zero-order valence-electron chi connectivity index (χ0n) is 21.6. The van der Waals surface area contributed by atoms with E-state index in [-0.39, 0.29) is 41.8 Å². The van der Waals surface area contributed by atoms with Crippen molar-refractivity contribution >= 4 is 23.3 Å². The van der Waals surface area contributed by atoms with E-state index in [0.29, 0.717) is 28.1 Å². The standard InChI is InChI=1S/C26H32FN3O6/c1-26(2,3)16-8-14(9-17(29(4)5)23(16)36-13-20(32)33)18(31)12-30-11-15-10-19(34-6)24(35-7)22(27)21(15)25(30)28/h8-10,28H,11-13H2,1-7H3,(H,32,33). The van der Waals surface area contributed by atoms with E-state index in [1.807, 2.05) is 20.8 Å². The molecule has 0 aromatic heterocycles. The van der Waals surface area contributed by atoms with Gasteiger partial charge in [0.1, 0.15) is 11.6 Å². The highest BCUT2D eigenvalue weighted by atomic mass is 19.1. The molecule has 0 fully saturated rings. The number of hydrogen-bond acceptors (Lipinski definition) is 7. The number of nitrogens with zero attached hydrogens (tertiary/aromatic N) is 2. The van der Waals surface area contributed by atoms with E-state index in [4.69, 9.17) is 24.7 Å². The number of ketones is 1. The first-order valence-corrected chi connectivity index (χ1v) is 11.3. The molecule has 2 aromatic rings. The van der Waals surface area contributed by atoms with Crippen molar-refractivity contribution in [1.29, 1.82) is 5.41 Å². The van der Waals surface area contributed by atoms with Gasteiger partial charge in [0.15, 0.2) is 29.7 Å². The number of rotatable bonds is 9. The maximum Gasteiger partial charge on any atom is 0.341 e. The largest absolute Gasteiger partial charge is 0.493 e. The Bertz CT molecular complexity index is 1220. The molecule has 0 saturated heterocycles. The van der Waals surface area contributed by atoms with Crippen LogP contribution < -0.4 is 19.1 Å². The second-order valence-electron chi connectivity index (χ2n) is 9.79. The lowest BCUT2D eigenvalue weighted by molar-refractivity contribution is -0.139. The Morgan fingerprint density at radius 2 is 1.81 bits per heavy atom. The summed E-state index contributed by atoms with van der Waals surface area (Å²) in [6.07, 6.45) is 0. The molecular weight excluding hydrogens is 469 g/mol. The quantitative estimate of drug-likeness (QED) is 0.501. The molecule has 0 bridgehead atoms. The molecule has 10 heteroatoms. The molecule has 0 amide bonds. The van der Waals surface area contributed by atoms with Crippen molar-refractivity contribution in [1.82, 2.24) is 4.90 Å². The monoisotopic (exact) mass is 501 g/mol. The number of fused-ring (bicyclic) bond motifs is 1. The van der Waals surface area contributed by atoms with Crippen LogP contribution in [0, 0.1) is 11.2 Å². The summed E-state index contributed by atoms with van der Waals surface area (Å²) in [5.74, 6) is -1.65. The lowest BCUT2D eigenvalue weighted by Gasteiger charge is -2.28. The van der Waals surface area contributed by atoms with Crippen molar-refractivity contribution in [3.8, 4) is 17.2 Å². The molecule has 36 heavy (non-hydrogen) atoms. The highest BCUT2D eigenvalue weighted by molar-refractivity contribution is 6.06. The summed E-state index contributed by atoms with van der Waals surface area (Å²) in [4.78, 5) is 27.8. The number of carbonyl (C=O) groups is 2. The van der Waals surface area contributed by atoms with E-state index in [1.54, 1.807) is 37.2 Å². The van der Waals surface area contributed by atoms with Gasteiger partial charge >= 0.3 is 5.97 Å². The summed E-state index contributed by atoms with van der Waals surface area (Å²) in [6, 6.07) is 4.97. The summed E-state index contributed by atoms with van der Waals surface area (Å²) in [5, 5.41) is 17.6. The van der Waals surface area contributed by atoms with E-state index in [2.05, 4.69) is 0 Å². The molecule has 0 saturated carbocycles. The second kappa shape index (κ2) is 10.0. The van der Waals surface area contributed by atoms with Crippen LogP contribution in [0.2, 0.25) is 0 Å². The smallest absolute Gasteiger partial charge is 0.341 e. The molecule has 0 atom stereocenters. The first-order chi connectivity index (χ1) is 16.8. The van der Waals surface area contributed by atoms with Crippen LogP contribution in [-0.2, 0) is 16.8 Å². The zero-order valence-corrected chi connectivity index (χ0v) is 21.6. The fourth-order valence-corrected chi connectivity index (χ4v) is 4.17. The average Bonchev–Trinajstić information content (AvgIpc) is 3.11. The van der Waals surface area contributed by atoms with E-state index in [0.717, 1.165) is 0 Å². The lowest BCUT2D eigenvalue weighted by atomic mass is 9.84. The Balaban J connectivity index is 1.98. The Labute approximate surface area is 209 Å². The molecule has 2 aromatic carbocycles. The molecule has 1 heterocycles. The van der Waals surface area contributed by atoms with Gasteiger partial charge in [-0.15, -0.1) is 0 Å². The Kier molecular flexibility index (Phi) is 7.47. The number of nitrogens with one attached hydrogen (secondary N) is 1. The van der Waals surface area contributed by atoms with Gasteiger partial charge in [0, 0.05) is 31.8 Å². The van der Waals surface area contributed by atoms with Crippen molar-refractivity contribution < 1.29 is 33.3 Å². The summed E-state index contributed by atoms with van der Waals surface area (Å²) < 4.78 is 31.1. The van der Waals surface area contributed by atoms with Gasteiger partial charge in [0.05, 0.1) is 32.0 Å². The topological polar surface area (TPSA) is 112 Å². The van der Waals surface area contributed by atoms with Gasteiger partial charge in [0.2, 0.25) is 0 Å². The molecule has 9 nitrogen and oxygen atoms in total. The number of benzene rings is 2. The summed E-state index contributed by atoms with van der Waals surface area (Å²) in [6.45, 7) is 5.34. The van der Waals surface area contributed by atoms with Gasteiger partial charge < -0.3 is 29.1 Å².